The average Bonchev–Trinajstić information content (AvgIpc) is 2.94. The average molecular weight is 355 g/mol. The number of benzene rings is 2. The van der Waals surface area contributed by atoms with Crippen molar-refractivity contribution in [2.24, 2.45) is 5.10 Å². The monoisotopic (exact) mass is 355 g/mol. The number of H-pyrrole nitrogens is 1. The third-order valence-electron chi connectivity index (χ3n) is 3.56. The smallest absolute Gasteiger partial charge is 0.278 e. The quantitative estimate of drug-likeness (QED) is 0.322. The van der Waals surface area contributed by atoms with Crippen molar-refractivity contribution in [3.63, 3.8) is 0 Å². The van der Waals surface area contributed by atoms with Gasteiger partial charge in [-0.3, -0.25) is 10.1 Å². The summed E-state index contributed by atoms with van der Waals surface area (Å²) in [6.45, 7) is 1.93. The minimum atomic E-state index is -0.544. The predicted molar refractivity (Wildman–Crippen MR) is 95.3 cm³/mol. The highest BCUT2D eigenvalue weighted by molar-refractivity contribution is 7.71. The Balaban J connectivity index is 2.09. The maximum Gasteiger partial charge on any atom is 0.278 e. The topological polar surface area (TPSA) is 109 Å². The normalized spacial score (nSPS) is 11.1. The number of aromatic nitrogens is 3. The molecule has 0 unspecified atom stereocenters. The summed E-state index contributed by atoms with van der Waals surface area (Å²) in [5.74, 6) is 0.393. The van der Waals surface area contributed by atoms with Gasteiger partial charge in [0.05, 0.1) is 16.7 Å². The van der Waals surface area contributed by atoms with Crippen LogP contribution >= 0.6 is 12.2 Å². The molecule has 1 aromatic heterocycles. The van der Waals surface area contributed by atoms with Crippen molar-refractivity contribution >= 4 is 24.1 Å². The molecule has 0 aliphatic rings. The van der Waals surface area contributed by atoms with Gasteiger partial charge in [-0.1, -0.05) is 24.3 Å². The summed E-state index contributed by atoms with van der Waals surface area (Å²) in [6, 6.07) is 11.3. The van der Waals surface area contributed by atoms with E-state index in [-0.39, 0.29) is 21.8 Å². The van der Waals surface area contributed by atoms with Crippen LogP contribution in [0, 0.1) is 21.8 Å². The van der Waals surface area contributed by atoms with E-state index in [0.717, 1.165) is 11.1 Å². The number of aromatic hydroxyl groups is 1. The largest absolute Gasteiger partial charge is 0.508 e. The summed E-state index contributed by atoms with van der Waals surface area (Å²) >= 11 is 5.19. The number of nitro benzene ring substituents is 1. The second-order valence-electron chi connectivity index (χ2n) is 5.22. The van der Waals surface area contributed by atoms with E-state index in [1.807, 2.05) is 31.2 Å². The van der Waals surface area contributed by atoms with Crippen molar-refractivity contribution in [1.82, 2.24) is 14.9 Å². The summed E-state index contributed by atoms with van der Waals surface area (Å²) in [5, 5.41) is 31.7. The second-order valence-corrected chi connectivity index (χ2v) is 5.61. The molecular formula is C16H13N5O3S. The molecule has 9 heteroatoms. The third-order valence-corrected chi connectivity index (χ3v) is 3.82. The van der Waals surface area contributed by atoms with Gasteiger partial charge in [0.25, 0.3) is 5.69 Å². The highest BCUT2D eigenvalue weighted by Crippen LogP contribution is 2.23. The minimum Gasteiger partial charge on any atom is -0.508 e. The third kappa shape index (κ3) is 3.31. The zero-order chi connectivity index (χ0) is 18.0. The van der Waals surface area contributed by atoms with Gasteiger partial charge in [0.2, 0.25) is 4.77 Å². The van der Waals surface area contributed by atoms with Crippen LogP contribution in [-0.4, -0.2) is 31.1 Å². The number of aromatic amines is 1. The number of phenols is 1. The van der Waals surface area contributed by atoms with E-state index in [1.54, 1.807) is 0 Å². The first-order chi connectivity index (χ1) is 12.0. The fourth-order valence-electron chi connectivity index (χ4n) is 2.33. The van der Waals surface area contributed by atoms with Crippen molar-refractivity contribution in [1.29, 1.82) is 0 Å². The summed E-state index contributed by atoms with van der Waals surface area (Å²) in [5.41, 5.74) is 1.80. The van der Waals surface area contributed by atoms with Crippen LogP contribution in [-0.2, 0) is 0 Å². The van der Waals surface area contributed by atoms with Crippen molar-refractivity contribution in [3.8, 4) is 17.1 Å². The lowest BCUT2D eigenvalue weighted by atomic mass is 10.1. The zero-order valence-corrected chi connectivity index (χ0v) is 13.9. The lowest BCUT2D eigenvalue weighted by molar-refractivity contribution is -0.385. The molecule has 25 heavy (non-hydrogen) atoms. The van der Waals surface area contributed by atoms with Crippen LogP contribution in [0.5, 0.6) is 5.75 Å². The first-order valence-electron chi connectivity index (χ1n) is 7.22. The molecule has 0 aliphatic carbocycles. The number of rotatable bonds is 4. The van der Waals surface area contributed by atoms with Crippen LogP contribution < -0.4 is 0 Å². The van der Waals surface area contributed by atoms with Crippen molar-refractivity contribution < 1.29 is 10.0 Å². The van der Waals surface area contributed by atoms with Gasteiger partial charge in [-0.2, -0.15) is 14.9 Å². The Morgan fingerprint density at radius 1 is 1.36 bits per heavy atom. The first kappa shape index (κ1) is 16.5. The molecule has 1 heterocycles. The van der Waals surface area contributed by atoms with E-state index in [9.17, 15) is 15.2 Å². The fraction of sp³-hybridized carbons (Fsp3) is 0.0625. The Bertz CT molecular complexity index is 1040. The van der Waals surface area contributed by atoms with Crippen LogP contribution in [0.2, 0.25) is 0 Å². The molecule has 0 aliphatic heterocycles. The van der Waals surface area contributed by atoms with E-state index in [0.29, 0.717) is 5.82 Å². The Kier molecular flexibility index (Phi) is 4.40. The summed E-state index contributed by atoms with van der Waals surface area (Å²) < 4.78 is 1.63. The molecule has 2 aromatic carbocycles. The SMILES string of the molecule is Cc1ccccc1-c1n[nH]c(=S)n1/N=C/c1cc(O)ccc1[N+](=O)[O-]. The highest BCUT2D eigenvalue weighted by Gasteiger charge is 2.14. The minimum absolute atomic E-state index is 0.0954. The van der Waals surface area contributed by atoms with Gasteiger partial charge in [-0.15, -0.1) is 0 Å². The van der Waals surface area contributed by atoms with Gasteiger partial charge in [-0.05, 0) is 36.8 Å². The predicted octanol–water partition coefficient (Wildman–Crippen LogP) is 3.41. The van der Waals surface area contributed by atoms with Crippen LogP contribution in [0.25, 0.3) is 11.4 Å². The molecule has 0 radical (unpaired) electrons. The Morgan fingerprint density at radius 3 is 2.84 bits per heavy atom. The molecule has 0 bridgehead atoms. The first-order valence-corrected chi connectivity index (χ1v) is 7.63. The van der Waals surface area contributed by atoms with E-state index < -0.39 is 4.92 Å². The lowest BCUT2D eigenvalue weighted by Crippen LogP contribution is -1.98. The molecule has 126 valence electrons. The molecule has 2 N–H and O–H groups in total. The van der Waals surface area contributed by atoms with E-state index in [4.69, 9.17) is 12.2 Å². The summed E-state index contributed by atoms with van der Waals surface area (Å²) in [4.78, 5) is 10.6. The molecule has 0 fully saturated rings. The molecule has 0 atom stereocenters. The molecule has 3 rings (SSSR count). The second kappa shape index (κ2) is 6.65. The molecule has 0 saturated carbocycles. The molecule has 3 aromatic rings. The van der Waals surface area contributed by atoms with Gasteiger partial charge < -0.3 is 5.11 Å². The van der Waals surface area contributed by atoms with Gasteiger partial charge in [0.15, 0.2) is 5.82 Å². The van der Waals surface area contributed by atoms with Crippen molar-refractivity contribution in [2.45, 2.75) is 6.92 Å². The Hall–Kier alpha value is -3.33. The molecule has 0 saturated heterocycles. The Morgan fingerprint density at radius 2 is 2.12 bits per heavy atom. The maximum atomic E-state index is 11.1. The van der Waals surface area contributed by atoms with Crippen LogP contribution in [0.1, 0.15) is 11.1 Å². The van der Waals surface area contributed by atoms with Crippen LogP contribution in [0.4, 0.5) is 5.69 Å². The zero-order valence-electron chi connectivity index (χ0n) is 13.1. The van der Waals surface area contributed by atoms with Crippen LogP contribution in [0.15, 0.2) is 47.6 Å². The number of nitrogens with zero attached hydrogens (tertiary/aromatic N) is 4. The highest BCUT2D eigenvalue weighted by atomic mass is 32.1. The number of aryl methyl sites for hydroxylation is 1. The van der Waals surface area contributed by atoms with Crippen LogP contribution in [0.3, 0.4) is 0 Å². The number of nitrogens with one attached hydrogen (secondary N) is 1. The van der Waals surface area contributed by atoms with Crippen molar-refractivity contribution in [3.05, 3.63) is 68.5 Å². The Labute approximate surface area is 147 Å². The molecule has 8 nitrogen and oxygen atoms in total. The fourth-order valence-corrected chi connectivity index (χ4v) is 2.51. The summed E-state index contributed by atoms with van der Waals surface area (Å²) in [6.07, 6.45) is 1.27. The number of nitro groups is 1. The lowest BCUT2D eigenvalue weighted by Gasteiger charge is -2.04. The van der Waals surface area contributed by atoms with E-state index >= 15 is 0 Å². The number of hydrogen-bond donors (Lipinski definition) is 2. The maximum absolute atomic E-state index is 11.1. The number of hydrogen-bond acceptors (Lipinski definition) is 6. The molecule has 0 amide bonds. The van der Waals surface area contributed by atoms with E-state index in [1.165, 1.54) is 29.1 Å². The standard InChI is InChI=1S/C16H13N5O3S/c1-10-4-2-3-5-13(10)15-18-19-16(25)20(15)17-9-11-8-12(22)6-7-14(11)21(23)24/h2-9,22H,1H3,(H,19,25)/b17-9+. The van der Waals surface area contributed by atoms with Gasteiger partial charge in [0, 0.05) is 11.6 Å². The molecular weight excluding hydrogens is 342 g/mol. The number of phenolic OH excluding ortho intramolecular Hbond substituents is 1. The van der Waals surface area contributed by atoms with Gasteiger partial charge >= 0.3 is 0 Å². The van der Waals surface area contributed by atoms with Gasteiger partial charge in [0.1, 0.15) is 5.75 Å². The molecule has 0 spiro atoms. The van der Waals surface area contributed by atoms with Crippen molar-refractivity contribution in [2.75, 3.05) is 0 Å². The summed E-state index contributed by atoms with van der Waals surface area (Å²) in [7, 11) is 0. The van der Waals surface area contributed by atoms with Gasteiger partial charge in [-0.25, -0.2) is 5.10 Å². The van der Waals surface area contributed by atoms with E-state index in [2.05, 4.69) is 15.3 Å².